The lowest BCUT2D eigenvalue weighted by Gasteiger charge is -2.32. The van der Waals surface area contributed by atoms with Crippen molar-refractivity contribution in [2.75, 3.05) is 11.1 Å². The Balaban J connectivity index is 1.19. The lowest BCUT2D eigenvalue weighted by Crippen LogP contribution is -2.41. The van der Waals surface area contributed by atoms with E-state index in [0.29, 0.717) is 11.7 Å². The molecular formula is C22H32BN3O4S. The third-order valence-corrected chi connectivity index (χ3v) is 8.31. The van der Waals surface area contributed by atoms with Gasteiger partial charge < -0.3 is 25.3 Å². The quantitative estimate of drug-likeness (QED) is 0.341. The number of carbonyl (C=O) groups is 2. The normalized spacial score (nSPS) is 28.2. The Morgan fingerprint density at radius 3 is 2.48 bits per heavy atom. The van der Waals surface area contributed by atoms with Gasteiger partial charge in [0.1, 0.15) is 0 Å². The van der Waals surface area contributed by atoms with E-state index >= 15 is 0 Å². The smallest absolute Gasteiger partial charge is 0.399 e. The fourth-order valence-corrected chi connectivity index (χ4v) is 5.74. The molecule has 31 heavy (non-hydrogen) atoms. The molecular weight excluding hydrogens is 413 g/mol. The summed E-state index contributed by atoms with van der Waals surface area (Å²) in [7, 11) is -0.400. The van der Waals surface area contributed by atoms with E-state index < -0.39 is 7.12 Å². The van der Waals surface area contributed by atoms with Crippen LogP contribution in [-0.4, -0.2) is 53.3 Å². The van der Waals surface area contributed by atoms with E-state index in [4.69, 9.17) is 9.31 Å². The van der Waals surface area contributed by atoms with Gasteiger partial charge in [-0.15, -0.1) is 0 Å². The molecule has 0 aromatic heterocycles. The Labute approximate surface area is 188 Å². The van der Waals surface area contributed by atoms with E-state index in [2.05, 4.69) is 16.0 Å². The van der Waals surface area contributed by atoms with Crippen LogP contribution in [-0.2, 0) is 14.1 Å². The molecule has 3 atom stereocenters. The maximum absolute atomic E-state index is 12.3. The van der Waals surface area contributed by atoms with Crippen LogP contribution >= 0.6 is 11.8 Å². The van der Waals surface area contributed by atoms with Crippen molar-refractivity contribution in [1.82, 2.24) is 10.6 Å². The van der Waals surface area contributed by atoms with Crippen LogP contribution in [0, 0.1) is 0 Å². The minimum absolute atomic E-state index is 0.0242. The number of amides is 3. The maximum Gasteiger partial charge on any atom is 0.494 e. The zero-order valence-electron chi connectivity index (χ0n) is 18.7. The molecule has 0 radical (unpaired) electrons. The topological polar surface area (TPSA) is 88.7 Å². The monoisotopic (exact) mass is 445 g/mol. The number of unbranched alkanes of at least 4 members (excludes halogenated alkanes) is 1. The number of carbonyl (C=O) groups excluding carboxylic acids is 2. The molecule has 9 heteroatoms. The number of thioether (sulfide) groups is 1. The third kappa shape index (κ3) is 4.88. The minimum atomic E-state index is -0.400. The summed E-state index contributed by atoms with van der Waals surface area (Å²) in [6.07, 6.45) is 3.33. The van der Waals surface area contributed by atoms with Crippen molar-refractivity contribution in [1.29, 1.82) is 0 Å². The molecule has 3 aliphatic rings. The van der Waals surface area contributed by atoms with Crippen LogP contribution in [0.4, 0.5) is 10.5 Å². The van der Waals surface area contributed by atoms with Crippen LogP contribution in [0.15, 0.2) is 24.3 Å². The first-order chi connectivity index (χ1) is 14.6. The van der Waals surface area contributed by atoms with Gasteiger partial charge in [-0.1, -0.05) is 18.6 Å². The largest absolute Gasteiger partial charge is 0.494 e. The molecule has 0 saturated carbocycles. The molecule has 7 nitrogen and oxygen atoms in total. The molecule has 168 valence electrons. The number of fused-ring (bicyclic) bond motifs is 1. The van der Waals surface area contributed by atoms with Gasteiger partial charge >= 0.3 is 13.1 Å². The van der Waals surface area contributed by atoms with Crippen molar-refractivity contribution in [3.8, 4) is 0 Å². The summed E-state index contributed by atoms with van der Waals surface area (Å²) in [5, 5.41) is 9.38. The highest BCUT2D eigenvalue weighted by Gasteiger charge is 2.51. The maximum atomic E-state index is 12.3. The minimum Gasteiger partial charge on any atom is -0.399 e. The third-order valence-electron chi connectivity index (χ3n) is 6.80. The number of rotatable bonds is 7. The summed E-state index contributed by atoms with van der Waals surface area (Å²) in [4.78, 5) is 23.8. The molecule has 3 unspecified atom stereocenters. The van der Waals surface area contributed by atoms with E-state index in [1.54, 1.807) is 0 Å². The Morgan fingerprint density at radius 1 is 1.13 bits per heavy atom. The van der Waals surface area contributed by atoms with Crippen molar-refractivity contribution in [2.45, 2.75) is 81.9 Å². The first-order valence-electron chi connectivity index (χ1n) is 11.1. The van der Waals surface area contributed by atoms with E-state index in [9.17, 15) is 9.59 Å². The van der Waals surface area contributed by atoms with Crippen molar-refractivity contribution in [3.05, 3.63) is 24.3 Å². The standard InChI is InChI=1S/C22H32BN3O4S/c1-21(2)22(3,4)30-23(29-21)14-9-11-15(12-10-14)24-18(27)8-6-5-7-17-19-16(13-31-17)25-20(28)26-19/h9-12,16-17,19H,5-8,13H2,1-4H3,(H,24,27)(H2,25,26,28). The van der Waals surface area contributed by atoms with Gasteiger partial charge in [0.05, 0.1) is 23.3 Å². The van der Waals surface area contributed by atoms with E-state index in [1.807, 2.05) is 63.7 Å². The average Bonchev–Trinajstić information content (AvgIpc) is 3.30. The summed E-state index contributed by atoms with van der Waals surface area (Å²) in [5.74, 6) is 0.993. The predicted octanol–water partition coefficient (Wildman–Crippen LogP) is 2.65. The van der Waals surface area contributed by atoms with E-state index in [-0.39, 0.29) is 35.2 Å². The lowest BCUT2D eigenvalue weighted by atomic mass is 9.79. The molecule has 4 rings (SSSR count). The molecule has 3 heterocycles. The van der Waals surface area contributed by atoms with Gasteiger partial charge in [0.25, 0.3) is 0 Å². The first kappa shape index (κ1) is 22.5. The summed E-state index contributed by atoms with van der Waals surface area (Å²) < 4.78 is 12.1. The number of hydrogen-bond donors (Lipinski definition) is 3. The van der Waals surface area contributed by atoms with Crippen LogP contribution in [0.2, 0.25) is 0 Å². The highest BCUT2D eigenvalue weighted by molar-refractivity contribution is 8.00. The fraction of sp³-hybridized carbons (Fsp3) is 0.636. The van der Waals surface area contributed by atoms with Gasteiger partial charge in [-0.3, -0.25) is 4.79 Å². The molecule has 3 fully saturated rings. The van der Waals surface area contributed by atoms with E-state index in [0.717, 1.165) is 36.2 Å². The van der Waals surface area contributed by atoms with Gasteiger partial charge in [0.2, 0.25) is 5.91 Å². The summed E-state index contributed by atoms with van der Waals surface area (Å²) in [6, 6.07) is 8.10. The number of benzene rings is 1. The molecule has 1 aromatic carbocycles. The van der Waals surface area contributed by atoms with Crippen LogP contribution in [0.3, 0.4) is 0 Å². The second kappa shape index (κ2) is 8.67. The molecule has 0 spiro atoms. The Bertz CT molecular complexity index is 817. The highest BCUT2D eigenvalue weighted by Crippen LogP contribution is 2.36. The molecule has 0 aliphatic carbocycles. The fourth-order valence-electron chi connectivity index (χ4n) is 4.20. The van der Waals surface area contributed by atoms with Crippen molar-refractivity contribution >= 4 is 42.0 Å². The zero-order chi connectivity index (χ0) is 22.2. The first-order valence-corrected chi connectivity index (χ1v) is 12.1. The van der Waals surface area contributed by atoms with Crippen molar-refractivity contribution < 1.29 is 18.9 Å². The van der Waals surface area contributed by atoms with Gasteiger partial charge in [-0.2, -0.15) is 11.8 Å². The van der Waals surface area contributed by atoms with Crippen LogP contribution in [0.25, 0.3) is 0 Å². The molecule has 3 aliphatic heterocycles. The second-order valence-electron chi connectivity index (χ2n) is 9.63. The van der Waals surface area contributed by atoms with Crippen molar-refractivity contribution in [3.63, 3.8) is 0 Å². The molecule has 0 bridgehead atoms. The molecule has 3 saturated heterocycles. The highest BCUT2D eigenvalue weighted by atomic mass is 32.2. The Kier molecular flexibility index (Phi) is 6.29. The number of nitrogens with one attached hydrogen (secondary N) is 3. The van der Waals surface area contributed by atoms with Gasteiger partial charge in [0, 0.05) is 23.1 Å². The molecule has 3 N–H and O–H groups in total. The predicted molar refractivity (Wildman–Crippen MR) is 125 cm³/mol. The Hall–Kier alpha value is -1.71. The average molecular weight is 445 g/mol. The van der Waals surface area contributed by atoms with E-state index in [1.165, 1.54) is 0 Å². The number of urea groups is 1. The SMILES string of the molecule is CC1(C)OB(c2ccc(NC(=O)CCCCC3SCC4NC(=O)NC43)cc2)OC1(C)C. The van der Waals surface area contributed by atoms with Gasteiger partial charge in [0.15, 0.2) is 0 Å². The molecule has 3 amide bonds. The summed E-state index contributed by atoms with van der Waals surface area (Å²) in [5.41, 5.74) is 0.974. The zero-order valence-corrected chi connectivity index (χ0v) is 19.5. The van der Waals surface area contributed by atoms with Gasteiger partial charge in [-0.05, 0) is 58.1 Å². The summed E-state index contributed by atoms with van der Waals surface area (Å²) >= 11 is 1.91. The second-order valence-corrected chi connectivity index (χ2v) is 10.9. The number of anilines is 1. The Morgan fingerprint density at radius 2 is 1.81 bits per heavy atom. The van der Waals surface area contributed by atoms with Crippen LogP contribution in [0.5, 0.6) is 0 Å². The molecule has 1 aromatic rings. The van der Waals surface area contributed by atoms with Crippen molar-refractivity contribution in [2.24, 2.45) is 0 Å². The number of hydrogen-bond acceptors (Lipinski definition) is 5. The summed E-state index contributed by atoms with van der Waals surface area (Å²) in [6.45, 7) is 8.13. The van der Waals surface area contributed by atoms with Crippen LogP contribution < -0.4 is 21.4 Å². The van der Waals surface area contributed by atoms with Crippen LogP contribution in [0.1, 0.15) is 53.4 Å². The lowest BCUT2D eigenvalue weighted by molar-refractivity contribution is -0.116. The van der Waals surface area contributed by atoms with Gasteiger partial charge in [-0.25, -0.2) is 4.79 Å².